The first kappa shape index (κ1) is 18.8. The molecule has 0 unspecified atom stereocenters. The topological polar surface area (TPSA) is 67.9 Å². The number of urea groups is 1. The zero-order valence-corrected chi connectivity index (χ0v) is 15.6. The van der Waals surface area contributed by atoms with Crippen molar-refractivity contribution in [2.75, 3.05) is 25.6 Å². The van der Waals surface area contributed by atoms with Crippen LogP contribution >= 0.6 is 0 Å². The second kappa shape index (κ2) is 8.58. The lowest BCUT2D eigenvalue weighted by Crippen LogP contribution is -2.34. The molecule has 0 saturated carbocycles. The molecule has 142 valence electrons. The van der Waals surface area contributed by atoms with E-state index in [2.05, 4.69) is 10.1 Å². The standard InChI is InChI=1S/C21H24N2O4/c1-3-27-18-12-8-15(9-13-18)19-5-4-14-23(19)21(25)22-17-10-6-16(7-11-17)20(24)26-2/h6-13,19H,3-5,14H2,1-2H3,(H,22,25)/t19-/m1/s1. The fraction of sp³-hybridized carbons (Fsp3) is 0.333. The van der Waals surface area contributed by atoms with Gasteiger partial charge in [-0.2, -0.15) is 0 Å². The maximum absolute atomic E-state index is 12.7. The summed E-state index contributed by atoms with van der Waals surface area (Å²) in [4.78, 5) is 26.1. The molecule has 0 bridgehead atoms. The molecule has 6 heteroatoms. The smallest absolute Gasteiger partial charge is 0.337 e. The fourth-order valence-corrected chi connectivity index (χ4v) is 3.31. The molecule has 1 N–H and O–H groups in total. The molecule has 1 heterocycles. The Balaban J connectivity index is 1.67. The summed E-state index contributed by atoms with van der Waals surface area (Å²) < 4.78 is 10.2. The molecule has 2 amide bonds. The van der Waals surface area contributed by atoms with E-state index in [0.29, 0.717) is 24.4 Å². The van der Waals surface area contributed by atoms with Crippen LogP contribution in [-0.4, -0.2) is 37.2 Å². The van der Waals surface area contributed by atoms with Gasteiger partial charge in [0.25, 0.3) is 0 Å². The van der Waals surface area contributed by atoms with Gasteiger partial charge in [0.05, 0.1) is 25.3 Å². The number of carbonyl (C=O) groups is 2. The summed E-state index contributed by atoms with van der Waals surface area (Å²) in [7, 11) is 1.34. The number of methoxy groups -OCH3 is 1. The van der Waals surface area contributed by atoms with Crippen molar-refractivity contribution in [3.05, 3.63) is 59.7 Å². The van der Waals surface area contributed by atoms with Crippen LogP contribution in [0, 0.1) is 0 Å². The van der Waals surface area contributed by atoms with Crippen LogP contribution < -0.4 is 10.1 Å². The van der Waals surface area contributed by atoms with Gasteiger partial charge in [-0.3, -0.25) is 0 Å². The molecule has 0 radical (unpaired) electrons. The van der Waals surface area contributed by atoms with Gasteiger partial charge >= 0.3 is 12.0 Å². The molecule has 1 atom stereocenters. The van der Waals surface area contributed by atoms with Crippen molar-refractivity contribution < 1.29 is 19.1 Å². The van der Waals surface area contributed by atoms with Crippen molar-refractivity contribution in [3.63, 3.8) is 0 Å². The molecule has 27 heavy (non-hydrogen) atoms. The third-order valence-electron chi connectivity index (χ3n) is 4.65. The average molecular weight is 368 g/mol. The number of rotatable bonds is 5. The van der Waals surface area contributed by atoms with Crippen molar-refractivity contribution in [2.45, 2.75) is 25.8 Å². The van der Waals surface area contributed by atoms with Gasteiger partial charge in [-0.25, -0.2) is 9.59 Å². The van der Waals surface area contributed by atoms with Crippen molar-refractivity contribution in [1.29, 1.82) is 0 Å². The van der Waals surface area contributed by atoms with E-state index in [9.17, 15) is 9.59 Å². The fourth-order valence-electron chi connectivity index (χ4n) is 3.31. The van der Waals surface area contributed by atoms with Crippen LogP contribution in [0.2, 0.25) is 0 Å². The number of likely N-dealkylation sites (tertiary alicyclic amines) is 1. The number of hydrogen-bond donors (Lipinski definition) is 1. The molecule has 0 aliphatic carbocycles. The first-order chi connectivity index (χ1) is 13.1. The molecule has 1 aliphatic heterocycles. The number of carbonyl (C=O) groups excluding carboxylic acids is 2. The quantitative estimate of drug-likeness (QED) is 0.802. The van der Waals surface area contributed by atoms with Gasteiger partial charge in [-0.1, -0.05) is 12.1 Å². The number of benzene rings is 2. The zero-order chi connectivity index (χ0) is 19.2. The van der Waals surface area contributed by atoms with E-state index in [-0.39, 0.29) is 12.1 Å². The lowest BCUT2D eigenvalue weighted by molar-refractivity contribution is 0.0600. The zero-order valence-electron chi connectivity index (χ0n) is 15.6. The molecule has 0 aromatic heterocycles. The van der Waals surface area contributed by atoms with Crippen LogP contribution in [0.5, 0.6) is 5.75 Å². The van der Waals surface area contributed by atoms with Crippen molar-refractivity contribution >= 4 is 17.7 Å². The van der Waals surface area contributed by atoms with Crippen molar-refractivity contribution in [2.24, 2.45) is 0 Å². The lowest BCUT2D eigenvalue weighted by atomic mass is 10.0. The summed E-state index contributed by atoms with van der Waals surface area (Å²) in [6.07, 6.45) is 1.90. The van der Waals surface area contributed by atoms with Gasteiger partial charge in [0.2, 0.25) is 0 Å². The van der Waals surface area contributed by atoms with Gasteiger partial charge in [0, 0.05) is 12.2 Å². The minimum Gasteiger partial charge on any atom is -0.494 e. The molecule has 0 spiro atoms. The Kier molecular flexibility index (Phi) is 5.96. The molecule has 1 saturated heterocycles. The SMILES string of the molecule is CCOc1ccc([C@H]2CCCN2C(=O)Nc2ccc(C(=O)OC)cc2)cc1. The summed E-state index contributed by atoms with van der Waals surface area (Å²) in [5.41, 5.74) is 2.20. The third-order valence-corrected chi connectivity index (χ3v) is 4.65. The van der Waals surface area contributed by atoms with E-state index in [0.717, 1.165) is 24.2 Å². The highest BCUT2D eigenvalue weighted by atomic mass is 16.5. The second-order valence-corrected chi connectivity index (χ2v) is 6.35. The third kappa shape index (κ3) is 4.39. The highest BCUT2D eigenvalue weighted by molar-refractivity contribution is 5.92. The molecule has 6 nitrogen and oxygen atoms in total. The summed E-state index contributed by atoms with van der Waals surface area (Å²) in [5, 5.41) is 2.91. The summed E-state index contributed by atoms with van der Waals surface area (Å²) in [5.74, 6) is 0.434. The number of hydrogen-bond acceptors (Lipinski definition) is 4. The van der Waals surface area contributed by atoms with Gasteiger partial charge in [-0.15, -0.1) is 0 Å². The molecule has 2 aromatic carbocycles. The largest absolute Gasteiger partial charge is 0.494 e. The van der Waals surface area contributed by atoms with E-state index in [4.69, 9.17) is 4.74 Å². The lowest BCUT2D eigenvalue weighted by Gasteiger charge is -2.25. The Hall–Kier alpha value is -3.02. The average Bonchev–Trinajstić information content (AvgIpc) is 3.19. The Morgan fingerprint density at radius 3 is 2.44 bits per heavy atom. The van der Waals surface area contributed by atoms with Gasteiger partial charge < -0.3 is 19.7 Å². The van der Waals surface area contributed by atoms with Crippen LogP contribution in [-0.2, 0) is 4.74 Å². The van der Waals surface area contributed by atoms with Gasteiger partial charge in [0.1, 0.15) is 5.75 Å². The van der Waals surface area contributed by atoms with Crippen LogP contribution in [0.25, 0.3) is 0 Å². The van der Waals surface area contributed by atoms with Crippen molar-refractivity contribution in [3.8, 4) is 5.75 Å². The van der Waals surface area contributed by atoms with Crippen molar-refractivity contribution in [1.82, 2.24) is 4.90 Å². The first-order valence-electron chi connectivity index (χ1n) is 9.11. The minimum absolute atomic E-state index is 0.0509. The number of nitrogens with one attached hydrogen (secondary N) is 1. The summed E-state index contributed by atoms with van der Waals surface area (Å²) >= 11 is 0. The molecular formula is C21H24N2O4. The highest BCUT2D eigenvalue weighted by Crippen LogP contribution is 2.33. The molecule has 1 aliphatic rings. The summed E-state index contributed by atoms with van der Waals surface area (Å²) in [6.45, 7) is 3.30. The van der Waals surface area contributed by atoms with Gasteiger partial charge in [-0.05, 0) is 61.7 Å². The monoisotopic (exact) mass is 368 g/mol. The maximum Gasteiger partial charge on any atom is 0.337 e. The Morgan fingerprint density at radius 2 is 1.81 bits per heavy atom. The molecule has 2 aromatic rings. The van der Waals surface area contributed by atoms with Crippen LogP contribution in [0.4, 0.5) is 10.5 Å². The first-order valence-corrected chi connectivity index (χ1v) is 9.11. The van der Waals surface area contributed by atoms with Crippen LogP contribution in [0.1, 0.15) is 41.7 Å². The van der Waals surface area contributed by atoms with Crippen LogP contribution in [0.15, 0.2) is 48.5 Å². The number of amides is 2. The number of nitrogens with zero attached hydrogens (tertiary/aromatic N) is 1. The Labute approximate surface area is 159 Å². The Morgan fingerprint density at radius 1 is 1.11 bits per heavy atom. The van der Waals surface area contributed by atoms with Crippen LogP contribution in [0.3, 0.4) is 0 Å². The molecular weight excluding hydrogens is 344 g/mol. The predicted octanol–water partition coefficient (Wildman–Crippen LogP) is 4.24. The summed E-state index contributed by atoms with van der Waals surface area (Å²) in [6, 6.07) is 14.5. The van der Waals surface area contributed by atoms with E-state index in [1.54, 1.807) is 24.3 Å². The predicted molar refractivity (Wildman–Crippen MR) is 103 cm³/mol. The number of esters is 1. The minimum atomic E-state index is -0.400. The van der Waals surface area contributed by atoms with E-state index in [1.165, 1.54) is 7.11 Å². The normalized spacial score (nSPS) is 16.1. The Bertz CT molecular complexity index is 787. The van der Waals surface area contributed by atoms with E-state index < -0.39 is 5.97 Å². The number of ether oxygens (including phenoxy) is 2. The second-order valence-electron chi connectivity index (χ2n) is 6.35. The molecule has 1 fully saturated rings. The molecule has 3 rings (SSSR count). The van der Waals surface area contributed by atoms with E-state index >= 15 is 0 Å². The highest BCUT2D eigenvalue weighted by Gasteiger charge is 2.30. The number of anilines is 1. The van der Waals surface area contributed by atoms with E-state index in [1.807, 2.05) is 36.1 Å². The maximum atomic E-state index is 12.7. The van der Waals surface area contributed by atoms with Gasteiger partial charge in [0.15, 0.2) is 0 Å².